The second kappa shape index (κ2) is 7.55. The Morgan fingerprint density at radius 3 is 2.22 bits per heavy atom. The fourth-order valence-corrected chi connectivity index (χ4v) is 3.94. The highest BCUT2D eigenvalue weighted by Crippen LogP contribution is 2.32. The Labute approximate surface area is 124 Å². The van der Waals surface area contributed by atoms with E-state index in [0.717, 1.165) is 22.2 Å². The lowest BCUT2D eigenvalue weighted by molar-refractivity contribution is 0.325. The van der Waals surface area contributed by atoms with Crippen molar-refractivity contribution >= 4 is 27.5 Å². The largest absolute Gasteiger partial charge is 0.0925 e. The van der Waals surface area contributed by atoms with E-state index in [1.165, 1.54) is 50.5 Å². The molecule has 1 unspecified atom stereocenters. The molecule has 0 amide bonds. The van der Waals surface area contributed by atoms with Crippen molar-refractivity contribution in [2.75, 3.05) is 5.33 Å². The summed E-state index contributed by atoms with van der Waals surface area (Å²) in [6.45, 7) is 0. The lowest BCUT2D eigenvalue weighted by atomic mass is 9.83. The van der Waals surface area contributed by atoms with Crippen molar-refractivity contribution in [2.24, 2.45) is 11.8 Å². The zero-order valence-corrected chi connectivity index (χ0v) is 13.2. The number of hydrogen-bond donors (Lipinski definition) is 0. The zero-order chi connectivity index (χ0) is 12.8. The van der Waals surface area contributed by atoms with E-state index in [4.69, 9.17) is 11.6 Å². The van der Waals surface area contributed by atoms with E-state index in [1.807, 2.05) is 12.1 Å². The average Bonchev–Trinajstić information content (AvgIpc) is 2.67. The molecule has 1 aromatic rings. The van der Waals surface area contributed by atoms with Crippen LogP contribution in [0.2, 0.25) is 5.02 Å². The molecule has 1 saturated carbocycles. The van der Waals surface area contributed by atoms with Crippen molar-refractivity contribution in [3.63, 3.8) is 0 Å². The third-order valence-electron chi connectivity index (χ3n) is 4.18. The van der Waals surface area contributed by atoms with Crippen LogP contribution in [0.3, 0.4) is 0 Å². The van der Waals surface area contributed by atoms with Gasteiger partial charge in [-0.2, -0.15) is 0 Å². The van der Waals surface area contributed by atoms with Crippen molar-refractivity contribution in [1.82, 2.24) is 0 Å². The van der Waals surface area contributed by atoms with E-state index in [9.17, 15) is 0 Å². The molecule has 100 valence electrons. The predicted molar refractivity (Wildman–Crippen MR) is 83.6 cm³/mol. The maximum atomic E-state index is 5.94. The summed E-state index contributed by atoms with van der Waals surface area (Å²) in [5, 5.41) is 1.96. The van der Waals surface area contributed by atoms with E-state index in [0.29, 0.717) is 0 Å². The molecule has 0 aromatic heterocycles. The zero-order valence-electron chi connectivity index (χ0n) is 10.9. The highest BCUT2D eigenvalue weighted by atomic mass is 79.9. The fourth-order valence-electron chi connectivity index (χ4n) is 3.05. The van der Waals surface area contributed by atoms with Crippen molar-refractivity contribution < 1.29 is 0 Å². The normalized spacial score (nSPS) is 19.4. The van der Waals surface area contributed by atoms with E-state index in [1.54, 1.807) is 0 Å². The molecular weight excluding hydrogens is 308 g/mol. The van der Waals surface area contributed by atoms with Crippen LogP contribution in [0, 0.1) is 11.8 Å². The Morgan fingerprint density at radius 1 is 1.06 bits per heavy atom. The number of hydrogen-bond acceptors (Lipinski definition) is 0. The first kappa shape index (κ1) is 14.4. The molecular formula is C16H22BrCl. The van der Waals surface area contributed by atoms with Gasteiger partial charge < -0.3 is 0 Å². The summed E-state index contributed by atoms with van der Waals surface area (Å²) in [6.07, 6.45) is 9.75. The van der Waals surface area contributed by atoms with Crippen molar-refractivity contribution in [3.8, 4) is 0 Å². The minimum Gasteiger partial charge on any atom is -0.0925 e. The van der Waals surface area contributed by atoms with Gasteiger partial charge in [0.2, 0.25) is 0 Å². The molecule has 0 aliphatic heterocycles. The lowest BCUT2D eigenvalue weighted by Gasteiger charge is -2.24. The third kappa shape index (κ3) is 4.28. The van der Waals surface area contributed by atoms with Gasteiger partial charge in [-0.05, 0) is 36.0 Å². The van der Waals surface area contributed by atoms with Gasteiger partial charge in [-0.3, -0.25) is 0 Å². The Balaban J connectivity index is 1.97. The van der Waals surface area contributed by atoms with Crippen LogP contribution in [0.25, 0.3) is 0 Å². The van der Waals surface area contributed by atoms with Gasteiger partial charge in [0.25, 0.3) is 0 Å². The Hall–Kier alpha value is -0.0100. The van der Waals surface area contributed by atoms with Crippen LogP contribution < -0.4 is 0 Å². The molecule has 0 bridgehead atoms. The molecule has 18 heavy (non-hydrogen) atoms. The average molecular weight is 330 g/mol. The Bertz CT molecular complexity index is 339. The van der Waals surface area contributed by atoms with Gasteiger partial charge in [0.15, 0.2) is 0 Å². The van der Waals surface area contributed by atoms with Gasteiger partial charge in [-0.15, -0.1) is 0 Å². The maximum Gasteiger partial charge on any atom is 0.0406 e. The molecule has 0 radical (unpaired) electrons. The van der Waals surface area contributed by atoms with Crippen molar-refractivity contribution in [3.05, 3.63) is 34.9 Å². The maximum absolute atomic E-state index is 5.94. The van der Waals surface area contributed by atoms with Crippen LogP contribution in [0.1, 0.15) is 44.1 Å². The minimum absolute atomic E-state index is 0.782. The molecule has 1 atom stereocenters. The predicted octanol–water partition coefficient (Wildman–Crippen LogP) is 5.86. The molecule has 2 rings (SSSR count). The van der Waals surface area contributed by atoms with E-state index < -0.39 is 0 Å². The SMILES string of the molecule is Clc1ccc(CC(CBr)C2CCCCCC2)cc1. The molecule has 1 fully saturated rings. The lowest BCUT2D eigenvalue weighted by Crippen LogP contribution is -2.18. The van der Waals surface area contributed by atoms with Gasteiger partial charge in [0.05, 0.1) is 0 Å². The summed E-state index contributed by atoms with van der Waals surface area (Å²) in [7, 11) is 0. The number of benzene rings is 1. The molecule has 0 saturated heterocycles. The highest BCUT2D eigenvalue weighted by Gasteiger charge is 2.22. The van der Waals surface area contributed by atoms with Gasteiger partial charge >= 0.3 is 0 Å². The summed E-state index contributed by atoms with van der Waals surface area (Å²) in [5.74, 6) is 1.69. The summed E-state index contributed by atoms with van der Waals surface area (Å²) in [6, 6.07) is 8.37. The van der Waals surface area contributed by atoms with Gasteiger partial charge in [-0.25, -0.2) is 0 Å². The molecule has 2 heteroatoms. The summed E-state index contributed by atoms with van der Waals surface area (Å²) >= 11 is 9.67. The Kier molecular flexibility index (Phi) is 6.04. The molecule has 1 aliphatic rings. The number of rotatable bonds is 4. The van der Waals surface area contributed by atoms with Crippen LogP contribution in [-0.2, 0) is 6.42 Å². The molecule has 0 N–H and O–H groups in total. The molecule has 0 heterocycles. The second-order valence-electron chi connectivity index (χ2n) is 5.50. The number of halogens is 2. The monoisotopic (exact) mass is 328 g/mol. The van der Waals surface area contributed by atoms with Gasteiger partial charge in [-0.1, -0.05) is 78.2 Å². The van der Waals surface area contributed by atoms with Crippen LogP contribution in [-0.4, -0.2) is 5.33 Å². The van der Waals surface area contributed by atoms with Crippen LogP contribution >= 0.6 is 27.5 Å². The quantitative estimate of drug-likeness (QED) is 0.479. The summed E-state index contributed by atoms with van der Waals surface area (Å²) < 4.78 is 0. The van der Waals surface area contributed by atoms with E-state index in [-0.39, 0.29) is 0 Å². The molecule has 1 aromatic carbocycles. The molecule has 0 spiro atoms. The molecule has 0 nitrogen and oxygen atoms in total. The summed E-state index contributed by atoms with van der Waals surface area (Å²) in [4.78, 5) is 0. The highest BCUT2D eigenvalue weighted by molar-refractivity contribution is 9.09. The summed E-state index contributed by atoms with van der Waals surface area (Å²) in [5.41, 5.74) is 1.42. The topological polar surface area (TPSA) is 0 Å². The van der Waals surface area contributed by atoms with Crippen LogP contribution in [0.4, 0.5) is 0 Å². The molecule has 1 aliphatic carbocycles. The smallest absolute Gasteiger partial charge is 0.0406 e. The van der Waals surface area contributed by atoms with Crippen LogP contribution in [0.15, 0.2) is 24.3 Å². The van der Waals surface area contributed by atoms with E-state index in [2.05, 4.69) is 28.1 Å². The van der Waals surface area contributed by atoms with Gasteiger partial charge in [0, 0.05) is 10.4 Å². The minimum atomic E-state index is 0.782. The first-order valence-electron chi connectivity index (χ1n) is 7.10. The first-order chi connectivity index (χ1) is 8.79. The number of alkyl halides is 1. The van der Waals surface area contributed by atoms with Crippen LogP contribution in [0.5, 0.6) is 0 Å². The van der Waals surface area contributed by atoms with Crippen molar-refractivity contribution in [2.45, 2.75) is 44.9 Å². The second-order valence-corrected chi connectivity index (χ2v) is 6.58. The fraction of sp³-hybridized carbons (Fsp3) is 0.625. The third-order valence-corrected chi connectivity index (χ3v) is 5.26. The Morgan fingerprint density at radius 2 is 1.67 bits per heavy atom. The standard InChI is InChI=1S/C16H22BrCl/c17-12-15(14-5-3-1-2-4-6-14)11-13-7-9-16(18)10-8-13/h7-10,14-15H,1-6,11-12H2. The van der Waals surface area contributed by atoms with Crippen molar-refractivity contribution in [1.29, 1.82) is 0 Å². The van der Waals surface area contributed by atoms with Gasteiger partial charge in [0.1, 0.15) is 0 Å². The first-order valence-corrected chi connectivity index (χ1v) is 8.60. The van der Waals surface area contributed by atoms with E-state index >= 15 is 0 Å².